The molecule has 0 unspecified atom stereocenters. The van der Waals surface area contributed by atoms with Gasteiger partial charge in [-0.05, 0) is 151 Å². The van der Waals surface area contributed by atoms with E-state index in [1.165, 1.54) is 107 Å². The largest absolute Gasteiger partial charge is 0.310 e. The molecular formula is C61H45N. The highest BCUT2D eigenvalue weighted by Gasteiger charge is 2.46. The van der Waals surface area contributed by atoms with E-state index in [1.807, 2.05) is 0 Å². The molecule has 10 aromatic rings. The van der Waals surface area contributed by atoms with Gasteiger partial charge >= 0.3 is 0 Å². The average molecular weight is 792 g/mol. The van der Waals surface area contributed by atoms with Gasteiger partial charge in [0.15, 0.2) is 0 Å². The van der Waals surface area contributed by atoms with Crippen molar-refractivity contribution < 1.29 is 0 Å². The van der Waals surface area contributed by atoms with Gasteiger partial charge in [-0.15, -0.1) is 0 Å². The van der Waals surface area contributed by atoms with Gasteiger partial charge in [0, 0.05) is 16.9 Å². The first-order valence-corrected chi connectivity index (χ1v) is 22.1. The van der Waals surface area contributed by atoms with Crippen molar-refractivity contribution in [1.82, 2.24) is 0 Å². The van der Waals surface area contributed by atoms with E-state index in [2.05, 4.69) is 229 Å². The van der Waals surface area contributed by atoms with Gasteiger partial charge in [0.1, 0.15) is 0 Å². The van der Waals surface area contributed by atoms with Crippen LogP contribution in [-0.2, 0) is 18.3 Å². The SMILES string of the molecule is c1ccc(N(c2ccc(-c3cc4ccccc4c4ccccc34)cc2)c2cc3c(cc2-c2ccc4c(c2)CCCC4)-c2ccccc2C3(c2ccccc2)c2ccccc2)cc1. The third-order valence-corrected chi connectivity index (χ3v) is 13.7. The fourth-order valence-electron chi connectivity index (χ4n) is 10.9. The van der Waals surface area contributed by atoms with E-state index < -0.39 is 5.41 Å². The van der Waals surface area contributed by atoms with Gasteiger partial charge in [0.05, 0.1) is 11.1 Å². The van der Waals surface area contributed by atoms with Crippen LogP contribution in [0.15, 0.2) is 224 Å². The molecule has 0 bridgehead atoms. The monoisotopic (exact) mass is 791 g/mol. The Hall–Kier alpha value is -7.48. The molecule has 1 nitrogen and oxygen atoms in total. The van der Waals surface area contributed by atoms with E-state index in [1.54, 1.807) is 0 Å². The Bertz CT molecular complexity index is 3230. The lowest BCUT2D eigenvalue weighted by Gasteiger charge is -2.35. The van der Waals surface area contributed by atoms with E-state index in [9.17, 15) is 0 Å². The maximum Gasteiger partial charge on any atom is 0.0714 e. The van der Waals surface area contributed by atoms with E-state index in [4.69, 9.17) is 0 Å². The Morgan fingerprint density at radius 1 is 0.339 bits per heavy atom. The summed E-state index contributed by atoms with van der Waals surface area (Å²) in [6, 6.07) is 84.0. The molecule has 0 spiro atoms. The van der Waals surface area contributed by atoms with Crippen LogP contribution in [0.2, 0.25) is 0 Å². The Kier molecular flexibility index (Phi) is 8.75. The van der Waals surface area contributed by atoms with Crippen molar-refractivity contribution in [1.29, 1.82) is 0 Å². The second-order valence-corrected chi connectivity index (χ2v) is 17.0. The molecule has 12 rings (SSSR count). The molecule has 0 heterocycles. The molecule has 2 aliphatic carbocycles. The van der Waals surface area contributed by atoms with Gasteiger partial charge in [0.2, 0.25) is 0 Å². The topological polar surface area (TPSA) is 3.24 Å². The minimum absolute atomic E-state index is 0.527. The number of aryl methyl sites for hydroxylation is 2. The molecule has 0 saturated heterocycles. The highest BCUT2D eigenvalue weighted by molar-refractivity contribution is 6.13. The normalized spacial score (nSPS) is 13.7. The standard InChI is InChI=1S/C61H45N/c1-4-21-47(22-5-1)61(48-23-6-2-7-24-48)58-31-17-16-30-54(58)57-40-56(46-33-32-42-18-10-11-19-44(42)38-46)60(41-59(57)61)62(49-25-8-3-9-26-49)50-36-34-43(35-37-50)55-39-45-20-12-13-27-51(45)52-28-14-15-29-53(52)55/h1-9,12-17,20-41H,10-11,18-19H2. The van der Waals surface area contributed by atoms with Crippen molar-refractivity contribution in [2.24, 2.45) is 0 Å². The summed E-state index contributed by atoms with van der Waals surface area (Å²) in [6.45, 7) is 0. The molecular weight excluding hydrogens is 747 g/mol. The van der Waals surface area contributed by atoms with Crippen LogP contribution in [0.3, 0.4) is 0 Å². The molecule has 62 heavy (non-hydrogen) atoms. The van der Waals surface area contributed by atoms with E-state index in [0.29, 0.717) is 0 Å². The molecule has 0 aliphatic heterocycles. The molecule has 0 aromatic heterocycles. The van der Waals surface area contributed by atoms with Crippen LogP contribution in [0.5, 0.6) is 0 Å². The van der Waals surface area contributed by atoms with Gasteiger partial charge in [0.25, 0.3) is 0 Å². The lowest BCUT2D eigenvalue weighted by Crippen LogP contribution is -2.28. The third kappa shape index (κ3) is 5.76. The number of rotatable bonds is 7. The van der Waals surface area contributed by atoms with Crippen molar-refractivity contribution in [3.05, 3.63) is 258 Å². The molecule has 0 fully saturated rings. The number of anilines is 3. The van der Waals surface area contributed by atoms with Crippen LogP contribution in [0.25, 0.3) is 54.9 Å². The van der Waals surface area contributed by atoms with Crippen LogP contribution in [0.4, 0.5) is 17.1 Å². The van der Waals surface area contributed by atoms with Crippen LogP contribution < -0.4 is 4.90 Å². The summed E-state index contributed by atoms with van der Waals surface area (Å²) in [5, 5.41) is 5.09. The quantitative estimate of drug-likeness (QED) is 0.145. The smallest absolute Gasteiger partial charge is 0.0714 e. The molecule has 0 atom stereocenters. The van der Waals surface area contributed by atoms with Gasteiger partial charge in [-0.3, -0.25) is 0 Å². The first kappa shape index (κ1) is 36.4. The number of fused-ring (bicyclic) bond motifs is 7. The zero-order valence-corrected chi connectivity index (χ0v) is 34.6. The Morgan fingerprint density at radius 3 is 1.66 bits per heavy atom. The first-order valence-electron chi connectivity index (χ1n) is 22.1. The second-order valence-electron chi connectivity index (χ2n) is 17.0. The van der Waals surface area contributed by atoms with Gasteiger partial charge in [-0.1, -0.05) is 182 Å². The molecule has 0 N–H and O–H groups in total. The summed E-state index contributed by atoms with van der Waals surface area (Å²) in [6.07, 6.45) is 4.80. The molecule has 10 aromatic carbocycles. The summed E-state index contributed by atoms with van der Waals surface area (Å²) >= 11 is 0. The summed E-state index contributed by atoms with van der Waals surface area (Å²) < 4.78 is 0. The summed E-state index contributed by atoms with van der Waals surface area (Å²) in [7, 11) is 0. The number of nitrogens with zero attached hydrogens (tertiary/aromatic N) is 1. The number of hydrogen-bond donors (Lipinski definition) is 0. The zero-order valence-electron chi connectivity index (χ0n) is 34.6. The maximum atomic E-state index is 2.54. The van der Waals surface area contributed by atoms with Gasteiger partial charge < -0.3 is 4.90 Å². The molecule has 294 valence electrons. The van der Waals surface area contributed by atoms with Crippen molar-refractivity contribution in [3.8, 4) is 33.4 Å². The summed E-state index contributed by atoms with van der Waals surface area (Å²) in [5.74, 6) is 0. The molecule has 1 heteroatoms. The highest BCUT2D eigenvalue weighted by Crippen LogP contribution is 2.59. The van der Waals surface area contributed by atoms with E-state index in [-0.39, 0.29) is 0 Å². The van der Waals surface area contributed by atoms with Gasteiger partial charge in [-0.2, -0.15) is 0 Å². The minimum Gasteiger partial charge on any atom is -0.310 e. The number of hydrogen-bond acceptors (Lipinski definition) is 1. The third-order valence-electron chi connectivity index (χ3n) is 13.7. The van der Waals surface area contributed by atoms with Gasteiger partial charge in [-0.25, -0.2) is 0 Å². The van der Waals surface area contributed by atoms with Crippen molar-refractivity contribution in [3.63, 3.8) is 0 Å². The molecule has 0 amide bonds. The molecule has 2 aliphatic rings. The first-order chi connectivity index (χ1) is 30.8. The highest BCUT2D eigenvalue weighted by atomic mass is 15.1. The van der Waals surface area contributed by atoms with E-state index in [0.717, 1.165) is 24.2 Å². The summed E-state index contributed by atoms with van der Waals surface area (Å²) in [5.41, 5.74) is 18.5. The van der Waals surface area contributed by atoms with Crippen LogP contribution in [0, 0.1) is 0 Å². The fourth-order valence-corrected chi connectivity index (χ4v) is 10.9. The van der Waals surface area contributed by atoms with Crippen LogP contribution >= 0.6 is 0 Å². The minimum atomic E-state index is -0.527. The number of para-hydroxylation sites is 1. The zero-order chi connectivity index (χ0) is 41.0. The Morgan fingerprint density at radius 2 is 0.919 bits per heavy atom. The molecule has 0 saturated carbocycles. The van der Waals surface area contributed by atoms with Crippen molar-refractivity contribution in [2.75, 3.05) is 4.90 Å². The van der Waals surface area contributed by atoms with E-state index >= 15 is 0 Å². The summed E-state index contributed by atoms with van der Waals surface area (Å²) in [4.78, 5) is 2.50. The van der Waals surface area contributed by atoms with Crippen molar-refractivity contribution >= 4 is 38.6 Å². The predicted molar refractivity (Wildman–Crippen MR) is 261 cm³/mol. The predicted octanol–water partition coefficient (Wildman–Crippen LogP) is 16.0. The van der Waals surface area contributed by atoms with Crippen molar-refractivity contribution in [2.45, 2.75) is 31.1 Å². The lowest BCUT2D eigenvalue weighted by atomic mass is 9.67. The van der Waals surface area contributed by atoms with Crippen LogP contribution in [-0.4, -0.2) is 0 Å². The lowest BCUT2D eigenvalue weighted by molar-refractivity contribution is 0.686. The van der Waals surface area contributed by atoms with Crippen LogP contribution in [0.1, 0.15) is 46.2 Å². The molecule has 0 radical (unpaired) electrons. The Balaban J connectivity index is 1.13. The Labute approximate surface area is 364 Å². The average Bonchev–Trinajstić information content (AvgIpc) is 3.64. The second kappa shape index (κ2) is 14.9. The number of benzene rings is 10. The fraction of sp³-hybridized carbons (Fsp3) is 0.0820. The maximum absolute atomic E-state index is 2.54.